The zero-order chi connectivity index (χ0) is 13.5. The van der Waals surface area contributed by atoms with Crippen LogP contribution in [0.15, 0.2) is 23.8 Å². The van der Waals surface area contributed by atoms with Crippen molar-refractivity contribution in [3.8, 4) is 0 Å². The Kier molecular flexibility index (Phi) is 3.38. The van der Waals surface area contributed by atoms with Crippen molar-refractivity contribution in [2.24, 2.45) is 17.3 Å². The van der Waals surface area contributed by atoms with Crippen LogP contribution in [-0.2, 0) is 9.53 Å². The van der Waals surface area contributed by atoms with Crippen LogP contribution in [0.1, 0.15) is 46.0 Å². The molecule has 0 aromatic carbocycles. The number of rotatable bonds is 2. The summed E-state index contributed by atoms with van der Waals surface area (Å²) in [6.07, 6.45) is 12.1. The van der Waals surface area contributed by atoms with Gasteiger partial charge in [0.2, 0.25) is 0 Å². The minimum Gasteiger partial charge on any atom is -0.377 e. The van der Waals surface area contributed by atoms with E-state index in [1.54, 1.807) is 0 Å². The van der Waals surface area contributed by atoms with Crippen LogP contribution in [-0.4, -0.2) is 18.5 Å². The molecule has 1 saturated heterocycles. The maximum atomic E-state index is 12.6. The monoisotopic (exact) mass is 260 g/mol. The van der Waals surface area contributed by atoms with Crippen LogP contribution in [0.2, 0.25) is 0 Å². The van der Waals surface area contributed by atoms with Gasteiger partial charge in [0.25, 0.3) is 0 Å². The Morgan fingerprint density at radius 3 is 2.95 bits per heavy atom. The third kappa shape index (κ3) is 2.43. The smallest absolute Gasteiger partial charge is 0.165 e. The predicted molar refractivity (Wildman–Crippen MR) is 75.8 cm³/mol. The second-order valence-corrected chi connectivity index (χ2v) is 6.92. The van der Waals surface area contributed by atoms with E-state index < -0.39 is 0 Å². The molecule has 3 unspecified atom stereocenters. The van der Waals surface area contributed by atoms with E-state index in [-0.39, 0.29) is 11.3 Å². The van der Waals surface area contributed by atoms with E-state index in [2.05, 4.69) is 32.1 Å². The first-order valence-electron chi connectivity index (χ1n) is 7.61. The highest BCUT2D eigenvalue weighted by molar-refractivity contribution is 5.98. The van der Waals surface area contributed by atoms with Gasteiger partial charge in [-0.05, 0) is 43.1 Å². The summed E-state index contributed by atoms with van der Waals surface area (Å²) in [6.45, 7) is 5.33. The van der Waals surface area contributed by atoms with E-state index in [1.165, 1.54) is 0 Å². The van der Waals surface area contributed by atoms with E-state index in [0.29, 0.717) is 17.8 Å². The molecule has 2 aliphatic carbocycles. The van der Waals surface area contributed by atoms with E-state index in [4.69, 9.17) is 4.74 Å². The van der Waals surface area contributed by atoms with Gasteiger partial charge in [-0.25, -0.2) is 0 Å². The molecule has 0 spiro atoms. The molecule has 0 saturated carbocycles. The van der Waals surface area contributed by atoms with Crippen molar-refractivity contribution in [2.75, 3.05) is 6.61 Å². The minimum absolute atomic E-state index is 0.141. The number of ketones is 1. The fourth-order valence-electron chi connectivity index (χ4n) is 3.69. The maximum Gasteiger partial charge on any atom is 0.165 e. The van der Waals surface area contributed by atoms with Crippen molar-refractivity contribution < 1.29 is 9.53 Å². The second-order valence-electron chi connectivity index (χ2n) is 6.92. The van der Waals surface area contributed by atoms with Crippen LogP contribution in [0.5, 0.6) is 0 Å². The molecule has 104 valence electrons. The fraction of sp³-hybridized carbons (Fsp3) is 0.706. The van der Waals surface area contributed by atoms with Crippen molar-refractivity contribution >= 4 is 5.78 Å². The first-order valence-corrected chi connectivity index (χ1v) is 7.61. The van der Waals surface area contributed by atoms with E-state index in [1.807, 2.05) is 0 Å². The summed E-state index contributed by atoms with van der Waals surface area (Å²) in [5.41, 5.74) is 1.25. The summed E-state index contributed by atoms with van der Waals surface area (Å²) >= 11 is 0. The van der Waals surface area contributed by atoms with Crippen LogP contribution in [0.4, 0.5) is 0 Å². The van der Waals surface area contributed by atoms with Crippen LogP contribution >= 0.6 is 0 Å². The lowest BCUT2D eigenvalue weighted by Crippen LogP contribution is -2.30. The molecule has 2 nitrogen and oxygen atoms in total. The SMILES string of the molecule is CC1(C)COC2CCC(C(=O)C3C=CCCC3)=CC21. The molecule has 1 aliphatic heterocycles. The van der Waals surface area contributed by atoms with Gasteiger partial charge < -0.3 is 4.74 Å². The average molecular weight is 260 g/mol. The predicted octanol–water partition coefficient (Wildman–Crippen LogP) is 3.67. The first-order chi connectivity index (χ1) is 9.08. The van der Waals surface area contributed by atoms with E-state index in [9.17, 15) is 4.79 Å². The third-order valence-corrected chi connectivity index (χ3v) is 4.96. The van der Waals surface area contributed by atoms with Crippen molar-refractivity contribution in [1.82, 2.24) is 0 Å². The molecule has 0 aromatic rings. The maximum absolute atomic E-state index is 12.6. The Bertz CT molecular complexity index is 431. The molecule has 3 aliphatic rings. The Labute approximate surface area is 115 Å². The molecule has 0 amide bonds. The Morgan fingerprint density at radius 1 is 1.37 bits per heavy atom. The second kappa shape index (κ2) is 4.90. The van der Waals surface area contributed by atoms with Crippen LogP contribution in [0.25, 0.3) is 0 Å². The molecule has 19 heavy (non-hydrogen) atoms. The fourth-order valence-corrected chi connectivity index (χ4v) is 3.69. The van der Waals surface area contributed by atoms with Crippen molar-refractivity contribution in [1.29, 1.82) is 0 Å². The van der Waals surface area contributed by atoms with Gasteiger partial charge in [0.05, 0.1) is 12.7 Å². The van der Waals surface area contributed by atoms with Crippen LogP contribution in [0, 0.1) is 17.3 Å². The van der Waals surface area contributed by atoms with Crippen LogP contribution < -0.4 is 0 Å². The van der Waals surface area contributed by atoms with Gasteiger partial charge in [0, 0.05) is 11.8 Å². The summed E-state index contributed by atoms with van der Waals surface area (Å²) in [4.78, 5) is 12.6. The zero-order valence-electron chi connectivity index (χ0n) is 12.0. The minimum atomic E-state index is 0.141. The molecule has 0 N–H and O–H groups in total. The molecular weight excluding hydrogens is 236 g/mol. The van der Waals surface area contributed by atoms with Crippen molar-refractivity contribution in [3.05, 3.63) is 23.8 Å². The van der Waals surface area contributed by atoms with Gasteiger partial charge >= 0.3 is 0 Å². The molecular formula is C17H24O2. The van der Waals surface area contributed by atoms with Gasteiger partial charge in [-0.15, -0.1) is 0 Å². The highest BCUT2D eigenvalue weighted by Crippen LogP contribution is 2.44. The molecule has 0 bridgehead atoms. The molecule has 1 heterocycles. The van der Waals surface area contributed by atoms with Gasteiger partial charge in [0.15, 0.2) is 5.78 Å². The average Bonchev–Trinajstić information content (AvgIpc) is 2.74. The van der Waals surface area contributed by atoms with Crippen molar-refractivity contribution in [3.63, 3.8) is 0 Å². The lowest BCUT2D eigenvalue weighted by Gasteiger charge is -2.30. The van der Waals surface area contributed by atoms with E-state index >= 15 is 0 Å². The summed E-state index contributed by atoms with van der Waals surface area (Å²) < 4.78 is 5.88. The molecule has 3 rings (SSSR count). The number of ether oxygens (including phenoxy) is 1. The molecule has 3 atom stereocenters. The topological polar surface area (TPSA) is 26.3 Å². The number of carbonyl (C=O) groups is 1. The number of Topliss-reactive ketones (excluding diaryl/α,β-unsaturated/α-hetero) is 1. The van der Waals surface area contributed by atoms with Gasteiger partial charge in [-0.1, -0.05) is 32.1 Å². The summed E-state index contributed by atoms with van der Waals surface area (Å²) in [5.74, 6) is 0.937. The number of fused-ring (bicyclic) bond motifs is 1. The Morgan fingerprint density at radius 2 is 2.21 bits per heavy atom. The quantitative estimate of drug-likeness (QED) is 0.708. The Hall–Kier alpha value is -0.890. The Balaban J connectivity index is 1.79. The lowest BCUT2D eigenvalue weighted by molar-refractivity contribution is -0.118. The molecule has 0 aromatic heterocycles. The molecule has 2 heteroatoms. The lowest BCUT2D eigenvalue weighted by atomic mass is 9.72. The van der Waals surface area contributed by atoms with E-state index in [0.717, 1.165) is 44.3 Å². The van der Waals surface area contributed by atoms with Gasteiger partial charge in [-0.2, -0.15) is 0 Å². The first kappa shape index (κ1) is 13.1. The normalized spacial score (nSPS) is 36.7. The molecule has 0 radical (unpaired) electrons. The van der Waals surface area contributed by atoms with Gasteiger partial charge in [0.1, 0.15) is 0 Å². The van der Waals surface area contributed by atoms with Crippen LogP contribution in [0.3, 0.4) is 0 Å². The number of carbonyl (C=O) groups excluding carboxylic acids is 1. The standard InChI is InChI=1S/C17H24O2/c1-17(2)11-19-15-9-8-13(10-14(15)17)16(18)12-6-4-3-5-7-12/h4,6,10,12,14-15H,3,5,7-9,11H2,1-2H3. The highest BCUT2D eigenvalue weighted by atomic mass is 16.5. The third-order valence-electron chi connectivity index (χ3n) is 4.96. The number of hydrogen-bond acceptors (Lipinski definition) is 2. The highest BCUT2D eigenvalue weighted by Gasteiger charge is 2.44. The number of hydrogen-bond donors (Lipinski definition) is 0. The summed E-state index contributed by atoms with van der Waals surface area (Å²) in [6, 6.07) is 0. The summed E-state index contributed by atoms with van der Waals surface area (Å²) in [7, 11) is 0. The summed E-state index contributed by atoms with van der Waals surface area (Å²) in [5, 5.41) is 0. The van der Waals surface area contributed by atoms with Gasteiger partial charge in [-0.3, -0.25) is 4.79 Å². The largest absolute Gasteiger partial charge is 0.377 e. The molecule has 1 fully saturated rings. The number of allylic oxidation sites excluding steroid dienone is 3. The zero-order valence-corrected chi connectivity index (χ0v) is 12.0. The van der Waals surface area contributed by atoms with Crippen molar-refractivity contribution in [2.45, 2.75) is 52.1 Å².